The zero-order chi connectivity index (χ0) is 16.5. The van der Waals surface area contributed by atoms with E-state index in [1.807, 2.05) is 6.92 Å². The van der Waals surface area contributed by atoms with Gasteiger partial charge in [-0.05, 0) is 30.7 Å². The van der Waals surface area contributed by atoms with Crippen LogP contribution in [0.25, 0.3) is 0 Å². The number of aromatic carboxylic acids is 1. The van der Waals surface area contributed by atoms with Crippen LogP contribution in [-0.2, 0) is 4.74 Å². The minimum absolute atomic E-state index is 0.222. The highest BCUT2D eigenvalue weighted by molar-refractivity contribution is 7.99. The first-order valence-electron chi connectivity index (χ1n) is 7.13. The highest BCUT2D eigenvalue weighted by atomic mass is 32.2. The third-order valence-corrected chi connectivity index (χ3v) is 4.17. The molecule has 0 aliphatic heterocycles. The normalized spacial score (nSPS) is 11.7. The number of unbranched alkanes of at least 4 members (excludes halogenated alkanes) is 1. The number of aromatic hydroxyl groups is 1. The van der Waals surface area contributed by atoms with Crippen LogP contribution >= 0.6 is 11.8 Å². The Balaban J connectivity index is 2.57. The fourth-order valence-electron chi connectivity index (χ4n) is 1.65. The molecule has 0 spiro atoms. The first-order chi connectivity index (χ1) is 10.5. The number of amides is 1. The van der Waals surface area contributed by atoms with Crippen LogP contribution in [0.3, 0.4) is 0 Å². The molecule has 0 radical (unpaired) electrons. The highest BCUT2D eigenvalue weighted by Gasteiger charge is 2.14. The van der Waals surface area contributed by atoms with Crippen molar-refractivity contribution in [3.05, 3.63) is 23.8 Å². The molecule has 1 aromatic rings. The summed E-state index contributed by atoms with van der Waals surface area (Å²) in [6.07, 6.45) is 2.23. The molecule has 0 bridgehead atoms. The number of hydrogen-bond acceptors (Lipinski definition) is 5. The molecule has 0 saturated carbocycles. The molecule has 1 unspecified atom stereocenters. The summed E-state index contributed by atoms with van der Waals surface area (Å²) in [4.78, 5) is 22.6. The molecular formula is C15H21NO5S. The Bertz CT molecular complexity index is 521. The molecule has 0 aromatic heterocycles. The van der Waals surface area contributed by atoms with Gasteiger partial charge >= 0.3 is 12.1 Å². The second-order valence-corrected chi connectivity index (χ2v) is 5.90. The SMILES string of the molecule is CCCCSC(CC)OC(=O)Nc1ccc(C(=O)O)c(O)c1. The number of ether oxygens (including phenoxy) is 1. The van der Waals surface area contributed by atoms with Gasteiger partial charge in [-0.25, -0.2) is 9.59 Å². The average Bonchev–Trinajstić information content (AvgIpc) is 2.46. The third-order valence-electron chi connectivity index (χ3n) is 2.85. The summed E-state index contributed by atoms with van der Waals surface area (Å²) in [6.45, 7) is 4.03. The number of rotatable bonds is 8. The molecule has 0 fully saturated rings. The maximum Gasteiger partial charge on any atom is 0.412 e. The number of nitrogens with one attached hydrogen (secondary N) is 1. The van der Waals surface area contributed by atoms with Gasteiger partial charge in [0, 0.05) is 11.8 Å². The average molecular weight is 327 g/mol. The van der Waals surface area contributed by atoms with Crippen molar-refractivity contribution in [1.82, 2.24) is 0 Å². The summed E-state index contributed by atoms with van der Waals surface area (Å²) in [5, 5.41) is 20.9. The molecular weight excluding hydrogens is 306 g/mol. The van der Waals surface area contributed by atoms with E-state index in [1.165, 1.54) is 18.2 Å². The maximum atomic E-state index is 11.8. The van der Waals surface area contributed by atoms with E-state index in [1.54, 1.807) is 11.8 Å². The zero-order valence-electron chi connectivity index (χ0n) is 12.7. The number of carboxylic acid groups (broad SMARTS) is 1. The monoisotopic (exact) mass is 327 g/mol. The zero-order valence-corrected chi connectivity index (χ0v) is 13.5. The summed E-state index contributed by atoms with van der Waals surface area (Å²) in [6, 6.07) is 3.80. The third kappa shape index (κ3) is 5.85. The molecule has 122 valence electrons. The lowest BCUT2D eigenvalue weighted by atomic mass is 10.2. The molecule has 7 heteroatoms. The van der Waals surface area contributed by atoms with Crippen molar-refractivity contribution >= 4 is 29.5 Å². The summed E-state index contributed by atoms with van der Waals surface area (Å²) in [5.74, 6) is -0.712. The van der Waals surface area contributed by atoms with Gasteiger partial charge in [0.05, 0.1) is 0 Å². The van der Waals surface area contributed by atoms with Gasteiger partial charge in [0.15, 0.2) is 0 Å². The van der Waals surface area contributed by atoms with Gasteiger partial charge in [-0.1, -0.05) is 20.3 Å². The predicted octanol–water partition coefficient (Wildman–Crippen LogP) is 3.91. The number of phenols is 1. The van der Waals surface area contributed by atoms with Gasteiger partial charge < -0.3 is 14.9 Å². The Hall–Kier alpha value is -1.89. The molecule has 1 aromatic carbocycles. The van der Waals surface area contributed by atoms with Crippen LogP contribution in [0.1, 0.15) is 43.5 Å². The van der Waals surface area contributed by atoms with Crippen LogP contribution in [0, 0.1) is 0 Å². The minimum atomic E-state index is -1.23. The molecule has 1 rings (SSSR count). The van der Waals surface area contributed by atoms with Crippen molar-refractivity contribution in [1.29, 1.82) is 0 Å². The Morgan fingerprint density at radius 1 is 1.36 bits per heavy atom. The molecule has 0 saturated heterocycles. The lowest BCUT2D eigenvalue weighted by Crippen LogP contribution is -2.20. The Morgan fingerprint density at radius 2 is 2.09 bits per heavy atom. The molecule has 22 heavy (non-hydrogen) atoms. The van der Waals surface area contributed by atoms with Crippen molar-refractivity contribution in [2.75, 3.05) is 11.1 Å². The van der Waals surface area contributed by atoms with Crippen LogP contribution in [0.4, 0.5) is 10.5 Å². The van der Waals surface area contributed by atoms with E-state index in [0.717, 1.165) is 18.6 Å². The van der Waals surface area contributed by atoms with Crippen LogP contribution < -0.4 is 5.32 Å². The van der Waals surface area contributed by atoms with E-state index >= 15 is 0 Å². The van der Waals surface area contributed by atoms with E-state index < -0.39 is 17.8 Å². The van der Waals surface area contributed by atoms with Crippen molar-refractivity contribution in [3.63, 3.8) is 0 Å². The molecule has 0 aliphatic carbocycles. The topological polar surface area (TPSA) is 95.9 Å². The molecule has 3 N–H and O–H groups in total. The van der Waals surface area contributed by atoms with Gasteiger partial charge in [-0.2, -0.15) is 0 Å². The van der Waals surface area contributed by atoms with E-state index in [4.69, 9.17) is 9.84 Å². The van der Waals surface area contributed by atoms with Gasteiger partial charge in [-0.3, -0.25) is 5.32 Å². The number of benzene rings is 1. The predicted molar refractivity (Wildman–Crippen MR) is 86.6 cm³/mol. The molecule has 1 amide bonds. The molecule has 0 heterocycles. The first-order valence-corrected chi connectivity index (χ1v) is 8.18. The van der Waals surface area contributed by atoms with Crippen LogP contribution in [0.5, 0.6) is 5.75 Å². The van der Waals surface area contributed by atoms with E-state index in [-0.39, 0.29) is 16.7 Å². The van der Waals surface area contributed by atoms with Crippen LogP contribution in [0.15, 0.2) is 18.2 Å². The quantitative estimate of drug-likeness (QED) is 0.495. The largest absolute Gasteiger partial charge is 0.507 e. The standard InChI is InChI=1S/C15H21NO5S/c1-3-5-8-22-13(4-2)21-15(20)16-10-6-7-11(14(18)19)12(17)9-10/h6-7,9,13,17H,3-5,8H2,1-2H3,(H,16,20)(H,18,19). The van der Waals surface area contributed by atoms with Crippen molar-refractivity contribution in [3.8, 4) is 5.75 Å². The second-order valence-electron chi connectivity index (χ2n) is 4.63. The summed E-state index contributed by atoms with van der Waals surface area (Å²) in [5.41, 5.74) is -0.167. The highest BCUT2D eigenvalue weighted by Crippen LogP contribution is 2.23. The maximum absolute atomic E-state index is 11.8. The Labute approximate surface area is 133 Å². The number of anilines is 1. The van der Waals surface area contributed by atoms with E-state index in [0.29, 0.717) is 6.42 Å². The molecule has 0 aliphatic rings. The molecule has 1 atom stereocenters. The number of carboxylic acids is 1. The number of thioether (sulfide) groups is 1. The lowest BCUT2D eigenvalue weighted by Gasteiger charge is -2.16. The van der Waals surface area contributed by atoms with Gasteiger partial charge in [0.2, 0.25) is 0 Å². The second kappa shape index (κ2) is 9.19. The fraction of sp³-hybridized carbons (Fsp3) is 0.467. The first kappa shape index (κ1) is 18.2. The van der Waals surface area contributed by atoms with Crippen molar-refractivity contribution in [2.45, 2.75) is 38.5 Å². The smallest absolute Gasteiger partial charge is 0.412 e. The molecule has 6 nitrogen and oxygen atoms in total. The van der Waals surface area contributed by atoms with E-state index in [2.05, 4.69) is 12.2 Å². The van der Waals surface area contributed by atoms with Gasteiger partial charge in [0.1, 0.15) is 16.7 Å². The van der Waals surface area contributed by atoms with Crippen molar-refractivity contribution < 1.29 is 24.5 Å². The van der Waals surface area contributed by atoms with Gasteiger partial charge in [-0.15, -0.1) is 11.8 Å². The van der Waals surface area contributed by atoms with Crippen LogP contribution in [0.2, 0.25) is 0 Å². The Morgan fingerprint density at radius 3 is 2.64 bits per heavy atom. The number of carbonyl (C=O) groups is 2. The Kier molecular flexibility index (Phi) is 7.59. The minimum Gasteiger partial charge on any atom is -0.507 e. The van der Waals surface area contributed by atoms with E-state index in [9.17, 15) is 14.7 Å². The lowest BCUT2D eigenvalue weighted by molar-refractivity contribution is 0.0693. The van der Waals surface area contributed by atoms with Crippen LogP contribution in [-0.4, -0.2) is 33.5 Å². The summed E-state index contributed by atoms with van der Waals surface area (Å²) >= 11 is 1.58. The summed E-state index contributed by atoms with van der Waals surface area (Å²) in [7, 11) is 0. The van der Waals surface area contributed by atoms with Gasteiger partial charge in [0.25, 0.3) is 0 Å². The fourth-order valence-corrected chi connectivity index (χ4v) is 2.76. The number of carbonyl (C=O) groups excluding carboxylic acids is 1. The number of hydrogen-bond donors (Lipinski definition) is 3. The van der Waals surface area contributed by atoms with Crippen molar-refractivity contribution in [2.24, 2.45) is 0 Å². The summed E-state index contributed by atoms with van der Waals surface area (Å²) < 4.78 is 5.28.